The van der Waals surface area contributed by atoms with E-state index >= 15 is 0 Å². The van der Waals surface area contributed by atoms with Crippen LogP contribution in [0.25, 0.3) is 0 Å². The predicted molar refractivity (Wildman–Crippen MR) is 278 cm³/mol. The molecule has 17 N–H and O–H groups in total. The third-order valence-corrected chi connectivity index (χ3v) is 12.4. The number of primary amides is 1. The number of nitrogens with zero attached hydrogens (tertiary/aromatic N) is 2. The number of aliphatic imine (C=N–C) groups is 1. The third kappa shape index (κ3) is 19.7. The molecule has 2 aromatic rings. The summed E-state index contributed by atoms with van der Waals surface area (Å²) in [4.78, 5) is 139. The van der Waals surface area contributed by atoms with E-state index in [1.165, 1.54) is 36.1 Å². The maximum atomic E-state index is 14.4. The number of nitrogens with two attached hydrogens (primary N) is 4. The molecule has 74 heavy (non-hydrogen) atoms. The lowest BCUT2D eigenvalue weighted by Crippen LogP contribution is -2.61. The molecule has 9 atom stereocenters. The van der Waals surface area contributed by atoms with Crippen LogP contribution in [-0.4, -0.2) is 159 Å². The van der Waals surface area contributed by atoms with Gasteiger partial charge in [-0.15, -0.1) is 0 Å². The largest absolute Gasteiger partial charge is 0.508 e. The lowest BCUT2D eigenvalue weighted by atomic mass is 10.0. The Morgan fingerprint density at radius 3 is 1.74 bits per heavy atom. The highest BCUT2D eigenvalue weighted by Gasteiger charge is 2.40. The molecule has 0 aliphatic carbocycles. The molecule has 0 aromatic heterocycles. The molecule has 1 fully saturated rings. The highest BCUT2D eigenvalue weighted by Crippen LogP contribution is 2.20. The number of benzene rings is 2. The molecule has 27 heteroatoms. The smallest absolute Gasteiger partial charge is 0.325 e. The molecular formula is C47H69N13O12S2. The van der Waals surface area contributed by atoms with Crippen LogP contribution >= 0.6 is 25.3 Å². The summed E-state index contributed by atoms with van der Waals surface area (Å²) in [5.41, 5.74) is 23.6. The Kier molecular flexibility index (Phi) is 24.9. The van der Waals surface area contributed by atoms with Crippen LogP contribution in [0.2, 0.25) is 0 Å². The average molecular weight is 1070 g/mol. The maximum absolute atomic E-state index is 14.4. The van der Waals surface area contributed by atoms with Crippen LogP contribution in [0.1, 0.15) is 64.0 Å². The lowest BCUT2D eigenvalue weighted by molar-refractivity contribution is -0.143. The summed E-state index contributed by atoms with van der Waals surface area (Å²) in [6.45, 7) is 4.59. The molecule has 406 valence electrons. The van der Waals surface area contributed by atoms with Crippen LogP contribution in [0.15, 0.2) is 59.6 Å². The van der Waals surface area contributed by atoms with Crippen molar-refractivity contribution >= 4 is 90.4 Å². The number of rotatable bonds is 29. The maximum Gasteiger partial charge on any atom is 0.325 e. The summed E-state index contributed by atoms with van der Waals surface area (Å²) < 4.78 is 0. The number of guanidine groups is 1. The van der Waals surface area contributed by atoms with Crippen LogP contribution in [-0.2, 0) is 60.8 Å². The van der Waals surface area contributed by atoms with Crippen molar-refractivity contribution in [3.63, 3.8) is 0 Å². The first-order valence-electron chi connectivity index (χ1n) is 23.7. The Labute approximate surface area is 439 Å². The number of phenols is 1. The number of hydrogen-bond donors (Lipinski definition) is 15. The topological polar surface area (TPSA) is 415 Å². The molecule has 2 aromatic carbocycles. The molecule has 0 saturated carbocycles. The van der Waals surface area contributed by atoms with Gasteiger partial charge in [0.1, 0.15) is 54.1 Å². The molecule has 0 spiro atoms. The monoisotopic (exact) mass is 1070 g/mol. The standard InChI is InChI=1S/C47H69N13O12S2/c1-24(2)37(44(69)53-25(3)46(71)72)59-43(68)35-12-8-18-60(35)45(70)34(23-74)58-42(67)33(21-36(49)62)57-39(64)30(11-7-17-52-47(50)51)54-40(65)32(19-26-9-5-4-6-10-26)56-41(66)31(55-38(63)29(48)22-73)20-27-13-15-28(61)16-14-27/h4-6,9-10,13-16,24-25,29-35,37,61,73-74H,7-8,11-12,17-23,48H2,1-3H3,(H2,49,62)(H,53,69)(H,54,65)(H,55,63)(H,56,66)(H,57,64)(H,58,67)(H,59,68)(H,71,72)(H4,50,51,52)/t25-,29-,30-,31-,32-,33-,34-,35-,37-/m0/s1. The van der Waals surface area contributed by atoms with Crippen molar-refractivity contribution in [2.75, 3.05) is 24.6 Å². The molecule has 3 rings (SSSR count). The lowest BCUT2D eigenvalue weighted by Gasteiger charge is -2.31. The molecule has 9 amide bonds. The molecule has 1 aliphatic heterocycles. The van der Waals surface area contributed by atoms with E-state index in [9.17, 15) is 58.2 Å². The van der Waals surface area contributed by atoms with Gasteiger partial charge in [-0.05, 0) is 61.8 Å². The summed E-state index contributed by atoms with van der Waals surface area (Å²) in [5, 5.41) is 36.8. The minimum Gasteiger partial charge on any atom is -0.508 e. The van der Waals surface area contributed by atoms with Crippen molar-refractivity contribution in [2.24, 2.45) is 33.8 Å². The van der Waals surface area contributed by atoms with Gasteiger partial charge in [0.15, 0.2) is 5.96 Å². The number of aliphatic carboxylic acids is 1. The number of carbonyl (C=O) groups is 10. The number of phenolic OH excluding ortho intramolecular Hbond substituents is 1. The zero-order valence-corrected chi connectivity index (χ0v) is 43.1. The summed E-state index contributed by atoms with van der Waals surface area (Å²) in [6, 6.07) is 2.39. The normalized spacial score (nSPS) is 16.3. The minimum atomic E-state index is -1.74. The van der Waals surface area contributed by atoms with Crippen molar-refractivity contribution in [2.45, 2.75) is 120 Å². The Hall–Kier alpha value is -7.13. The van der Waals surface area contributed by atoms with Crippen LogP contribution in [0.4, 0.5) is 0 Å². The fraction of sp³-hybridized carbons (Fsp3) is 0.511. The van der Waals surface area contributed by atoms with Gasteiger partial charge in [-0.25, -0.2) is 0 Å². The number of amides is 9. The number of carbonyl (C=O) groups excluding carboxylic acids is 9. The number of likely N-dealkylation sites (tertiary alicyclic amines) is 1. The minimum absolute atomic E-state index is 0.0130. The van der Waals surface area contributed by atoms with E-state index in [0.29, 0.717) is 17.5 Å². The highest BCUT2D eigenvalue weighted by atomic mass is 32.1. The molecule has 25 nitrogen and oxygen atoms in total. The molecule has 1 saturated heterocycles. The second-order valence-electron chi connectivity index (χ2n) is 17.9. The number of aromatic hydroxyl groups is 1. The number of hydrogen-bond acceptors (Lipinski definition) is 15. The first-order valence-corrected chi connectivity index (χ1v) is 25.0. The van der Waals surface area contributed by atoms with Crippen molar-refractivity contribution in [1.82, 2.24) is 42.1 Å². The van der Waals surface area contributed by atoms with Gasteiger partial charge in [-0.3, -0.25) is 52.9 Å². The Morgan fingerprint density at radius 1 is 0.676 bits per heavy atom. The second-order valence-corrected chi connectivity index (χ2v) is 18.7. The van der Waals surface area contributed by atoms with Gasteiger partial charge in [0.05, 0.1) is 12.5 Å². The van der Waals surface area contributed by atoms with Crippen molar-refractivity contribution in [3.8, 4) is 5.75 Å². The zero-order valence-electron chi connectivity index (χ0n) is 41.3. The van der Waals surface area contributed by atoms with Crippen LogP contribution in [0, 0.1) is 5.92 Å². The Bertz CT molecular complexity index is 2330. The van der Waals surface area contributed by atoms with Crippen molar-refractivity contribution in [3.05, 3.63) is 65.7 Å². The molecule has 1 heterocycles. The first kappa shape index (κ1) is 61.2. The van der Waals surface area contributed by atoms with Crippen molar-refractivity contribution in [1.29, 1.82) is 0 Å². The SMILES string of the molecule is CC(C)[C@H](NC(=O)[C@@H]1CCCN1C(=O)[C@H](CS)NC(=O)[C@H](CC(N)=O)NC(=O)[C@H](CCCN=C(N)N)NC(=O)[C@H](Cc1ccccc1)NC(=O)[C@H](Cc1ccc(O)cc1)NC(=O)[C@@H](N)CS)C(=O)N[C@@H](C)C(=O)O. The van der Waals surface area contributed by atoms with Crippen LogP contribution in [0.5, 0.6) is 5.75 Å². The van der Waals surface area contributed by atoms with E-state index in [4.69, 9.17) is 22.9 Å². The molecular weight excluding hydrogens is 1000 g/mol. The van der Waals surface area contributed by atoms with Gasteiger partial charge in [-0.1, -0.05) is 56.3 Å². The fourth-order valence-corrected chi connectivity index (χ4v) is 8.02. The second kappa shape index (κ2) is 30.2. The first-order chi connectivity index (χ1) is 34.9. The van der Waals surface area contributed by atoms with E-state index in [2.05, 4.69) is 67.5 Å². The van der Waals surface area contributed by atoms with Gasteiger partial charge in [0.2, 0.25) is 53.2 Å². The molecule has 0 radical (unpaired) electrons. The zero-order chi connectivity index (χ0) is 55.2. The highest BCUT2D eigenvalue weighted by molar-refractivity contribution is 7.80. The van der Waals surface area contributed by atoms with E-state index in [1.807, 2.05) is 0 Å². The van der Waals surface area contributed by atoms with Crippen LogP contribution in [0.3, 0.4) is 0 Å². The molecule has 0 unspecified atom stereocenters. The van der Waals surface area contributed by atoms with E-state index in [1.54, 1.807) is 44.2 Å². The number of thiol groups is 2. The van der Waals surface area contributed by atoms with Gasteiger partial charge < -0.3 is 75.3 Å². The summed E-state index contributed by atoms with van der Waals surface area (Å²) >= 11 is 8.34. The molecule has 1 aliphatic rings. The average Bonchev–Trinajstić information content (AvgIpc) is 3.85. The number of nitrogens with one attached hydrogen (secondary N) is 7. The third-order valence-electron chi connectivity index (χ3n) is 11.7. The summed E-state index contributed by atoms with van der Waals surface area (Å²) in [5.74, 6) is -10.2. The molecule has 0 bridgehead atoms. The van der Waals surface area contributed by atoms with E-state index in [-0.39, 0.29) is 68.4 Å². The number of carboxylic acids is 1. The predicted octanol–water partition coefficient (Wildman–Crippen LogP) is -3.56. The van der Waals surface area contributed by atoms with Crippen LogP contribution < -0.4 is 60.2 Å². The Morgan fingerprint density at radius 2 is 1.20 bits per heavy atom. The Balaban J connectivity index is 1.90. The summed E-state index contributed by atoms with van der Waals surface area (Å²) in [6.07, 6.45) is -0.555. The fourth-order valence-electron chi connectivity index (χ4n) is 7.61. The van der Waals surface area contributed by atoms with E-state index in [0.717, 1.165) is 0 Å². The van der Waals surface area contributed by atoms with E-state index < -0.39 is 126 Å². The van der Waals surface area contributed by atoms with Gasteiger partial charge in [0.25, 0.3) is 0 Å². The van der Waals surface area contributed by atoms with Crippen molar-refractivity contribution < 1.29 is 58.2 Å². The number of carboxylic acid groups (broad SMARTS) is 1. The summed E-state index contributed by atoms with van der Waals surface area (Å²) in [7, 11) is 0. The van der Waals surface area contributed by atoms with Gasteiger partial charge in [-0.2, -0.15) is 25.3 Å². The van der Waals surface area contributed by atoms with Gasteiger partial charge in [0, 0.05) is 37.4 Å². The quantitative estimate of drug-likeness (QED) is 0.0162. The van der Waals surface area contributed by atoms with Gasteiger partial charge >= 0.3 is 5.97 Å².